The summed E-state index contributed by atoms with van der Waals surface area (Å²) in [6.07, 6.45) is 0.798. The van der Waals surface area contributed by atoms with E-state index in [0.717, 1.165) is 6.42 Å². The molecule has 0 aliphatic heterocycles. The minimum absolute atomic E-state index is 0.0641. The number of nitrogen functional groups attached to an aromatic ring is 1. The number of benzene rings is 2. The molecule has 0 unspecified atom stereocenters. The van der Waals surface area contributed by atoms with Crippen molar-refractivity contribution in [2.24, 2.45) is 0 Å². The number of amides is 1. The third kappa shape index (κ3) is 3.15. The summed E-state index contributed by atoms with van der Waals surface area (Å²) in [5, 5.41) is 11.4. The second kappa shape index (κ2) is 7.35. The molecule has 0 saturated heterocycles. The molecule has 26 heavy (non-hydrogen) atoms. The third-order valence-electron chi connectivity index (χ3n) is 4.05. The van der Waals surface area contributed by atoms with Crippen LogP contribution in [-0.2, 0) is 0 Å². The highest BCUT2D eigenvalue weighted by atomic mass is 19.1. The zero-order valence-corrected chi connectivity index (χ0v) is 14.5. The molecule has 0 aliphatic rings. The molecule has 0 spiro atoms. The smallest absolute Gasteiger partial charge is 0.273 e. The summed E-state index contributed by atoms with van der Waals surface area (Å²) in [5.41, 5.74) is 7.70. The fourth-order valence-corrected chi connectivity index (χ4v) is 2.70. The first-order chi connectivity index (χ1) is 12.6. The number of hydrogen-bond donors (Lipinski definition) is 2. The lowest BCUT2D eigenvalue weighted by atomic mass is 10.0. The molecule has 3 N–H and O–H groups in total. The van der Waals surface area contributed by atoms with Crippen LogP contribution < -0.4 is 15.8 Å². The van der Waals surface area contributed by atoms with Crippen molar-refractivity contribution >= 4 is 22.5 Å². The van der Waals surface area contributed by atoms with Gasteiger partial charge in [-0.05, 0) is 24.6 Å². The maximum atomic E-state index is 14.4. The average Bonchev–Trinajstić information content (AvgIpc) is 2.66. The summed E-state index contributed by atoms with van der Waals surface area (Å²) >= 11 is 0. The Hall–Kier alpha value is -3.22. The topological polar surface area (TPSA) is 90.1 Å². The van der Waals surface area contributed by atoms with E-state index in [0.29, 0.717) is 34.3 Å². The average molecular weight is 354 g/mol. The highest BCUT2D eigenvalue weighted by Gasteiger charge is 2.18. The highest BCUT2D eigenvalue weighted by molar-refractivity contribution is 6.07. The van der Waals surface area contributed by atoms with Crippen molar-refractivity contribution in [3.63, 3.8) is 0 Å². The quantitative estimate of drug-likeness (QED) is 0.734. The lowest BCUT2D eigenvalue weighted by Crippen LogP contribution is -2.26. The molecule has 0 aliphatic carbocycles. The fraction of sp³-hybridized carbons (Fsp3) is 0.211. The van der Waals surface area contributed by atoms with E-state index in [9.17, 15) is 9.18 Å². The molecule has 1 amide bonds. The number of nitrogens with zero attached hydrogens (tertiary/aromatic N) is 2. The van der Waals surface area contributed by atoms with Gasteiger partial charge in [-0.3, -0.25) is 4.79 Å². The maximum Gasteiger partial charge on any atom is 0.273 e. The van der Waals surface area contributed by atoms with Crippen LogP contribution in [-0.4, -0.2) is 29.8 Å². The molecule has 1 aromatic heterocycles. The first kappa shape index (κ1) is 17.6. The van der Waals surface area contributed by atoms with Crippen molar-refractivity contribution in [3.8, 4) is 16.9 Å². The van der Waals surface area contributed by atoms with Crippen LogP contribution in [0.25, 0.3) is 22.0 Å². The van der Waals surface area contributed by atoms with E-state index in [1.54, 1.807) is 30.3 Å². The third-order valence-corrected chi connectivity index (χ3v) is 4.05. The molecule has 0 radical (unpaired) electrons. The Morgan fingerprint density at radius 3 is 2.77 bits per heavy atom. The molecule has 0 fully saturated rings. The molecular weight excluding hydrogens is 335 g/mol. The summed E-state index contributed by atoms with van der Waals surface area (Å²) in [6.45, 7) is 2.47. The van der Waals surface area contributed by atoms with Gasteiger partial charge in [-0.25, -0.2) is 4.39 Å². The van der Waals surface area contributed by atoms with Crippen molar-refractivity contribution in [1.82, 2.24) is 15.5 Å². The van der Waals surface area contributed by atoms with E-state index in [1.165, 1.54) is 13.2 Å². The number of hydrogen-bond acceptors (Lipinski definition) is 5. The van der Waals surface area contributed by atoms with Crippen molar-refractivity contribution in [2.45, 2.75) is 13.3 Å². The number of fused-ring (bicyclic) bond motifs is 1. The summed E-state index contributed by atoms with van der Waals surface area (Å²) in [6, 6.07) is 9.66. The van der Waals surface area contributed by atoms with Crippen LogP contribution in [0.5, 0.6) is 5.75 Å². The van der Waals surface area contributed by atoms with Gasteiger partial charge in [-0.2, -0.15) is 0 Å². The molecular formula is C19H19FN4O2. The van der Waals surface area contributed by atoms with Crippen LogP contribution in [0.3, 0.4) is 0 Å². The van der Waals surface area contributed by atoms with Gasteiger partial charge in [-0.15, -0.1) is 10.2 Å². The monoisotopic (exact) mass is 354 g/mol. The van der Waals surface area contributed by atoms with Crippen molar-refractivity contribution in [1.29, 1.82) is 0 Å². The summed E-state index contributed by atoms with van der Waals surface area (Å²) in [7, 11) is 1.51. The first-order valence-electron chi connectivity index (χ1n) is 8.23. The number of halogens is 1. The molecule has 3 rings (SSSR count). The van der Waals surface area contributed by atoms with Gasteiger partial charge in [0.2, 0.25) is 0 Å². The van der Waals surface area contributed by atoms with E-state index in [-0.39, 0.29) is 17.3 Å². The van der Waals surface area contributed by atoms with Gasteiger partial charge in [-0.1, -0.05) is 25.1 Å². The standard InChI is InChI=1S/C19H19FN4O2/c1-3-9-22-19(25)18-16(21)13-6-4-5-12(17(13)23-24-18)14-10-11(26-2)7-8-15(14)20/h4-8,10H,3,9H2,1-2H3,(H2,21,23)(H,22,25). The van der Waals surface area contributed by atoms with Gasteiger partial charge >= 0.3 is 0 Å². The normalized spacial score (nSPS) is 10.7. The summed E-state index contributed by atoms with van der Waals surface area (Å²) < 4.78 is 19.5. The van der Waals surface area contributed by atoms with Gasteiger partial charge in [0.1, 0.15) is 17.1 Å². The molecule has 134 valence electrons. The Labute approximate surface area is 150 Å². The second-order valence-electron chi connectivity index (χ2n) is 5.77. The van der Waals surface area contributed by atoms with Crippen LogP contribution in [0.15, 0.2) is 36.4 Å². The van der Waals surface area contributed by atoms with Crippen LogP contribution in [0, 0.1) is 5.82 Å². The van der Waals surface area contributed by atoms with E-state index in [2.05, 4.69) is 15.5 Å². The second-order valence-corrected chi connectivity index (χ2v) is 5.77. The number of aromatic nitrogens is 2. The Morgan fingerprint density at radius 2 is 2.04 bits per heavy atom. The number of carbonyl (C=O) groups excluding carboxylic acids is 1. The zero-order valence-electron chi connectivity index (χ0n) is 14.5. The molecule has 3 aromatic rings. The number of ether oxygens (including phenoxy) is 1. The lowest BCUT2D eigenvalue weighted by Gasteiger charge is -2.11. The van der Waals surface area contributed by atoms with Crippen molar-refractivity contribution < 1.29 is 13.9 Å². The number of methoxy groups -OCH3 is 1. The van der Waals surface area contributed by atoms with Gasteiger partial charge in [0, 0.05) is 23.1 Å². The minimum Gasteiger partial charge on any atom is -0.497 e. The number of anilines is 1. The van der Waals surface area contributed by atoms with E-state index in [1.807, 2.05) is 6.92 Å². The number of rotatable bonds is 5. The Kier molecular flexibility index (Phi) is 4.97. The highest BCUT2D eigenvalue weighted by Crippen LogP contribution is 2.33. The van der Waals surface area contributed by atoms with E-state index in [4.69, 9.17) is 10.5 Å². The van der Waals surface area contributed by atoms with E-state index < -0.39 is 5.82 Å². The van der Waals surface area contributed by atoms with Gasteiger partial charge < -0.3 is 15.8 Å². The van der Waals surface area contributed by atoms with Crippen LogP contribution in [0.1, 0.15) is 23.8 Å². The molecule has 7 heteroatoms. The number of carbonyl (C=O) groups is 1. The zero-order chi connectivity index (χ0) is 18.7. The maximum absolute atomic E-state index is 14.4. The van der Waals surface area contributed by atoms with Gasteiger partial charge in [0.15, 0.2) is 5.69 Å². The van der Waals surface area contributed by atoms with Crippen molar-refractivity contribution in [2.75, 3.05) is 19.4 Å². The SMILES string of the molecule is CCCNC(=O)c1nnc2c(-c3cc(OC)ccc3F)cccc2c1N. The fourth-order valence-electron chi connectivity index (χ4n) is 2.70. The largest absolute Gasteiger partial charge is 0.497 e. The van der Waals surface area contributed by atoms with Crippen molar-refractivity contribution in [3.05, 3.63) is 47.9 Å². The number of nitrogens with two attached hydrogens (primary N) is 1. The first-order valence-corrected chi connectivity index (χ1v) is 8.23. The lowest BCUT2D eigenvalue weighted by molar-refractivity contribution is 0.0949. The molecule has 0 bridgehead atoms. The number of nitrogens with one attached hydrogen (secondary N) is 1. The Morgan fingerprint density at radius 1 is 1.23 bits per heavy atom. The molecule has 1 heterocycles. The predicted octanol–water partition coefficient (Wildman–Crippen LogP) is 3.17. The summed E-state index contributed by atoms with van der Waals surface area (Å²) in [4.78, 5) is 12.2. The van der Waals surface area contributed by atoms with Crippen LogP contribution in [0.4, 0.5) is 10.1 Å². The van der Waals surface area contributed by atoms with E-state index >= 15 is 0 Å². The Bertz CT molecular complexity index is 975. The predicted molar refractivity (Wildman–Crippen MR) is 98.5 cm³/mol. The molecule has 0 atom stereocenters. The van der Waals surface area contributed by atoms with Crippen LogP contribution in [0.2, 0.25) is 0 Å². The summed E-state index contributed by atoms with van der Waals surface area (Å²) in [5.74, 6) is -0.268. The van der Waals surface area contributed by atoms with Crippen LogP contribution >= 0.6 is 0 Å². The van der Waals surface area contributed by atoms with Gasteiger partial charge in [0.05, 0.1) is 12.8 Å². The molecule has 0 saturated carbocycles. The molecule has 2 aromatic carbocycles. The van der Waals surface area contributed by atoms with Gasteiger partial charge in [0.25, 0.3) is 5.91 Å². The Balaban J connectivity index is 2.15. The minimum atomic E-state index is -0.413. The molecule has 6 nitrogen and oxygen atoms in total.